The van der Waals surface area contributed by atoms with E-state index in [0.29, 0.717) is 66.6 Å². The molecule has 4 fully saturated rings. The first-order valence-corrected chi connectivity index (χ1v) is 23.6. The van der Waals surface area contributed by atoms with Crippen LogP contribution in [0.25, 0.3) is 0 Å². The van der Waals surface area contributed by atoms with Gasteiger partial charge in [-0.25, -0.2) is 13.6 Å². The zero-order chi connectivity index (χ0) is 51.7. The van der Waals surface area contributed by atoms with E-state index in [2.05, 4.69) is 67.0 Å². The molecular weight excluding hydrogens is 913 g/mol. The maximum Gasteiger partial charge on any atom is 0.408 e. The van der Waals surface area contributed by atoms with Crippen molar-refractivity contribution in [1.29, 1.82) is 0 Å². The van der Waals surface area contributed by atoms with Crippen LogP contribution in [-0.4, -0.2) is 97.9 Å². The maximum absolute atomic E-state index is 14.6. The van der Waals surface area contributed by atoms with Gasteiger partial charge in [0.15, 0.2) is 0 Å². The molecule has 0 bridgehead atoms. The van der Waals surface area contributed by atoms with E-state index in [1.807, 2.05) is 30.3 Å². The quantitative estimate of drug-likeness (QED) is 0.151. The van der Waals surface area contributed by atoms with Crippen LogP contribution < -0.4 is 32.3 Å². The van der Waals surface area contributed by atoms with Crippen LogP contribution in [0.15, 0.2) is 48.5 Å². The van der Waals surface area contributed by atoms with Gasteiger partial charge in [-0.05, 0) is 107 Å². The van der Waals surface area contributed by atoms with Crippen LogP contribution >= 0.6 is 0 Å². The Morgan fingerprint density at radius 2 is 1.15 bits per heavy atom. The van der Waals surface area contributed by atoms with Gasteiger partial charge in [0.25, 0.3) is 0 Å². The summed E-state index contributed by atoms with van der Waals surface area (Å²) in [5, 5.41) is 12.7. The van der Waals surface area contributed by atoms with Crippen molar-refractivity contribution in [1.82, 2.24) is 31.5 Å². The van der Waals surface area contributed by atoms with Crippen molar-refractivity contribution in [2.75, 3.05) is 45.8 Å². The van der Waals surface area contributed by atoms with Crippen molar-refractivity contribution in [2.24, 2.45) is 5.73 Å². The molecule has 0 spiro atoms. The number of halogens is 2. The Morgan fingerprint density at radius 1 is 0.690 bits per heavy atom. The number of piperazine rings is 1. The van der Waals surface area contributed by atoms with Gasteiger partial charge in [0, 0.05) is 86.2 Å². The summed E-state index contributed by atoms with van der Waals surface area (Å²) in [6.07, 6.45) is 2.12. The summed E-state index contributed by atoms with van der Waals surface area (Å²) >= 11 is 0. The number of carbonyl (C=O) groups excluding carboxylic acids is 7. The van der Waals surface area contributed by atoms with E-state index < -0.39 is 47.0 Å². The van der Waals surface area contributed by atoms with Gasteiger partial charge >= 0.3 is 6.09 Å². The predicted molar refractivity (Wildman–Crippen MR) is 262 cm³/mol. The third-order valence-corrected chi connectivity index (χ3v) is 11.6. The van der Waals surface area contributed by atoms with Gasteiger partial charge in [-0.2, -0.15) is 0 Å². The Morgan fingerprint density at radius 3 is 1.61 bits per heavy atom. The number of hydrogen-bond donors (Lipinski definition) is 6. The lowest BCUT2D eigenvalue weighted by Gasteiger charge is -2.24. The summed E-state index contributed by atoms with van der Waals surface area (Å²) in [5.41, 5.74) is 9.60. The number of imide groups is 3. The molecule has 7 N–H and O–H groups in total. The molecule has 7 rings (SSSR count). The zero-order valence-electron chi connectivity index (χ0n) is 40.8. The summed E-state index contributed by atoms with van der Waals surface area (Å²) < 4.78 is 34.3. The van der Waals surface area contributed by atoms with Crippen molar-refractivity contribution >= 4 is 41.5 Å². The van der Waals surface area contributed by atoms with Gasteiger partial charge in [0.05, 0.1) is 30.8 Å². The van der Waals surface area contributed by atoms with Crippen molar-refractivity contribution < 1.29 is 47.1 Å². The molecule has 0 saturated carbocycles. The molecule has 4 aliphatic rings. The number of rotatable bonds is 6. The van der Waals surface area contributed by atoms with Crippen LogP contribution in [0.3, 0.4) is 0 Å². The number of carbonyl (C=O) groups is 7. The van der Waals surface area contributed by atoms with Crippen molar-refractivity contribution in [3.8, 4) is 35.5 Å². The molecule has 7 amide bonds. The summed E-state index contributed by atoms with van der Waals surface area (Å²) in [4.78, 5) is 83.1. The topological polar surface area (TPSA) is 218 Å². The molecule has 3 aromatic rings. The van der Waals surface area contributed by atoms with Crippen LogP contribution in [0, 0.1) is 61.0 Å². The highest BCUT2D eigenvalue weighted by Gasteiger charge is 2.33. The average molecular weight is 974 g/mol. The summed E-state index contributed by atoms with van der Waals surface area (Å²) in [6, 6.07) is 13.7. The second-order valence-electron chi connectivity index (χ2n) is 18.3. The molecular formula is C54H61F2N7O8. The minimum atomic E-state index is -0.682. The van der Waals surface area contributed by atoms with E-state index in [0.717, 1.165) is 37.3 Å². The van der Waals surface area contributed by atoms with Gasteiger partial charge in [-0.1, -0.05) is 47.7 Å². The fourth-order valence-electron chi connectivity index (χ4n) is 8.22. The third-order valence-electron chi connectivity index (χ3n) is 11.6. The minimum Gasteiger partial charge on any atom is -0.444 e. The van der Waals surface area contributed by atoms with E-state index in [4.69, 9.17) is 10.5 Å². The van der Waals surface area contributed by atoms with E-state index in [-0.39, 0.29) is 60.9 Å². The second-order valence-corrected chi connectivity index (χ2v) is 18.3. The smallest absolute Gasteiger partial charge is 0.408 e. The first-order chi connectivity index (χ1) is 33.8. The number of nitrogens with one attached hydrogen (secondary N) is 5. The van der Waals surface area contributed by atoms with E-state index in [9.17, 15) is 42.3 Å². The summed E-state index contributed by atoms with van der Waals surface area (Å²) in [6.45, 7) is 13.9. The molecule has 3 aromatic carbocycles. The fraction of sp³-hybridized carbons (Fsp3) is 0.426. The molecule has 4 saturated heterocycles. The fourth-order valence-corrected chi connectivity index (χ4v) is 8.22. The number of piperidine rings is 3. The highest BCUT2D eigenvalue weighted by Crippen LogP contribution is 2.32. The number of amides is 7. The monoisotopic (exact) mass is 973 g/mol. The first-order valence-electron chi connectivity index (χ1n) is 23.6. The maximum atomic E-state index is 14.6. The normalized spacial score (nSPS) is 18.9. The molecule has 4 heterocycles. The lowest BCUT2D eigenvalue weighted by molar-refractivity contribution is -0.135. The summed E-state index contributed by atoms with van der Waals surface area (Å²) in [5.74, 6) is 13.2. The molecule has 374 valence electrons. The minimum absolute atomic E-state index is 0.0600. The second kappa shape index (κ2) is 26.1. The predicted octanol–water partition coefficient (Wildman–Crippen LogP) is 4.35. The highest BCUT2D eigenvalue weighted by atomic mass is 19.1. The van der Waals surface area contributed by atoms with Crippen LogP contribution in [0.5, 0.6) is 0 Å². The number of aryl methyl sites for hydroxylation is 2. The number of benzene rings is 3. The standard InChI is InChI=1S/C20H23FN2O4.C19H22FN3O2.C15H16N2O2/c1-12-10-13(6-5-9-22-19(26)27-20(2,3)4)11-15(21)17(12)14-7-8-16(24)23-18(14)25;1-13-11-14(3-2-8-23-9-6-21-7-10-23)12-16(20)18(13)15-4-5-17(24)22-19(15)25;16-10-2-1-3-11-4-6-12(7-5-11)13-8-9-14(18)17-15(13)19/h10-11,14H,7-9H2,1-4H3,(H,22,26)(H,23,24,25);11-12,15,21H,4-10H2,1H3,(H,22,24,25);4-7,13H,2,8-10,16H2,(H,17,18,19). The lowest BCUT2D eigenvalue weighted by Crippen LogP contribution is -2.43. The first kappa shape index (κ1) is 54.7. The van der Waals surface area contributed by atoms with Gasteiger partial charge in [0.1, 0.15) is 17.2 Å². The Hall–Kier alpha value is -7.23. The van der Waals surface area contributed by atoms with Crippen LogP contribution in [0.1, 0.15) is 128 Å². The number of hydrogen-bond acceptors (Lipinski definition) is 11. The molecule has 0 aliphatic carbocycles. The number of alkyl carbamates (subject to hydrolysis) is 1. The van der Waals surface area contributed by atoms with E-state index in [1.165, 1.54) is 12.1 Å². The van der Waals surface area contributed by atoms with Gasteiger partial charge in [-0.3, -0.25) is 49.6 Å². The Labute approximate surface area is 413 Å². The van der Waals surface area contributed by atoms with Crippen molar-refractivity contribution in [3.63, 3.8) is 0 Å². The molecule has 0 radical (unpaired) electrons. The SMILES string of the molecule is Cc1cc(C#CCN2CCNCC2)cc(F)c1C1CCC(=O)NC1=O.Cc1cc(C#CCNC(=O)OC(C)(C)C)cc(F)c1C1CCC(=O)NC1=O.NCCC#Cc1ccc(C2CCC(=O)NC2=O)cc1. The van der Waals surface area contributed by atoms with Crippen molar-refractivity contribution in [2.45, 2.75) is 103 Å². The molecule has 71 heavy (non-hydrogen) atoms. The highest BCUT2D eigenvalue weighted by molar-refractivity contribution is 6.02. The van der Waals surface area contributed by atoms with E-state index >= 15 is 0 Å². The van der Waals surface area contributed by atoms with Gasteiger partial charge in [-0.15, -0.1) is 0 Å². The number of nitrogens with zero attached hydrogens (tertiary/aromatic N) is 1. The molecule has 0 aromatic heterocycles. The Balaban J connectivity index is 0.000000201. The lowest BCUT2D eigenvalue weighted by atomic mass is 9.86. The van der Waals surface area contributed by atoms with Crippen LogP contribution in [-0.2, 0) is 33.5 Å². The molecule has 3 atom stereocenters. The molecule has 15 nitrogen and oxygen atoms in total. The number of nitrogens with two attached hydrogens (primary N) is 1. The Bertz CT molecular complexity index is 2650. The van der Waals surface area contributed by atoms with Crippen LogP contribution in [0.2, 0.25) is 0 Å². The van der Waals surface area contributed by atoms with E-state index in [1.54, 1.807) is 40.7 Å². The molecule has 4 aliphatic heterocycles. The van der Waals surface area contributed by atoms with Gasteiger partial charge < -0.3 is 21.1 Å². The molecule has 17 heteroatoms. The molecule has 3 unspecified atom stereocenters. The average Bonchev–Trinajstić information content (AvgIpc) is 3.29. The third kappa shape index (κ3) is 17.0. The number of ether oxygens (including phenoxy) is 1. The van der Waals surface area contributed by atoms with Crippen LogP contribution in [0.4, 0.5) is 13.6 Å². The zero-order valence-corrected chi connectivity index (χ0v) is 40.8. The van der Waals surface area contributed by atoms with Crippen molar-refractivity contribution in [3.05, 3.63) is 105 Å². The largest absolute Gasteiger partial charge is 0.444 e. The summed E-state index contributed by atoms with van der Waals surface area (Å²) in [7, 11) is 0. The van der Waals surface area contributed by atoms with Gasteiger partial charge in [0.2, 0.25) is 35.4 Å². The Kier molecular flexibility index (Phi) is 20.1.